The van der Waals surface area contributed by atoms with Crippen molar-refractivity contribution >= 4 is 11.7 Å². The van der Waals surface area contributed by atoms with Crippen LogP contribution in [-0.2, 0) is 18.8 Å². The largest absolute Gasteiger partial charge is 0.425 e. The minimum Gasteiger partial charge on any atom is -0.425 e. The lowest BCUT2D eigenvalue weighted by Crippen LogP contribution is -2.70. The molecular weight excluding hydrogens is 427 g/mol. The number of carbonyl (C=O) groups excluding carboxylic acids is 1. The van der Waals surface area contributed by atoms with Crippen molar-refractivity contribution in [1.82, 2.24) is 29.9 Å². The van der Waals surface area contributed by atoms with Gasteiger partial charge < -0.3 is 14.6 Å². The fourth-order valence-electron chi connectivity index (χ4n) is 5.03. The second kappa shape index (κ2) is 7.04. The van der Waals surface area contributed by atoms with E-state index >= 15 is 0 Å². The Hall–Kier alpha value is -3.44. The Labute approximate surface area is 180 Å². The van der Waals surface area contributed by atoms with E-state index in [1.165, 1.54) is 29.5 Å². The van der Waals surface area contributed by atoms with Gasteiger partial charge in [-0.05, 0) is 37.0 Å². The van der Waals surface area contributed by atoms with E-state index in [1.807, 2.05) is 0 Å². The van der Waals surface area contributed by atoms with Crippen LogP contribution in [0.25, 0.3) is 11.4 Å². The number of nitrogens with zero attached hydrogens (tertiary/aromatic N) is 6. The van der Waals surface area contributed by atoms with E-state index in [1.54, 1.807) is 11.9 Å². The number of hydrogen-bond acceptors (Lipinski definition) is 6. The van der Waals surface area contributed by atoms with E-state index in [-0.39, 0.29) is 23.1 Å². The molecule has 2 amide bonds. The molecule has 3 fully saturated rings. The Bertz CT molecular complexity index is 1160. The van der Waals surface area contributed by atoms with Gasteiger partial charge in [0.25, 0.3) is 0 Å². The summed E-state index contributed by atoms with van der Waals surface area (Å²) < 4.78 is 47.4. The summed E-state index contributed by atoms with van der Waals surface area (Å²) in [5.74, 6) is 0.673. The second-order valence-corrected chi connectivity index (χ2v) is 8.48. The summed E-state index contributed by atoms with van der Waals surface area (Å²) in [6, 6.07) is 2.97. The molecule has 2 aliphatic heterocycles. The Morgan fingerprint density at radius 1 is 1.31 bits per heavy atom. The number of carbonyl (C=O) groups is 1. The van der Waals surface area contributed by atoms with E-state index in [9.17, 15) is 18.0 Å². The predicted octanol–water partition coefficient (Wildman–Crippen LogP) is 3.82. The van der Waals surface area contributed by atoms with Gasteiger partial charge in [-0.2, -0.15) is 18.3 Å². The average Bonchev–Trinajstić information content (AvgIpc) is 3.38. The van der Waals surface area contributed by atoms with Gasteiger partial charge in [0, 0.05) is 30.8 Å². The van der Waals surface area contributed by atoms with E-state index in [0.29, 0.717) is 24.7 Å². The number of anilines is 1. The highest BCUT2D eigenvalue weighted by molar-refractivity contribution is 5.92. The summed E-state index contributed by atoms with van der Waals surface area (Å²) >= 11 is 0. The van der Waals surface area contributed by atoms with Crippen LogP contribution in [0.15, 0.2) is 35.3 Å². The number of alkyl halides is 3. The van der Waals surface area contributed by atoms with Crippen molar-refractivity contribution in [3.8, 4) is 11.4 Å². The normalized spacial score (nSPS) is 24.8. The highest BCUT2D eigenvalue weighted by atomic mass is 19.4. The second-order valence-electron chi connectivity index (χ2n) is 8.48. The molecule has 1 aliphatic carbocycles. The number of fused-ring (bicyclic) bond motifs is 2. The standard InChI is InChI=1S/C20H20F3N7O2/c1-11-5-13-8-19(7-11,17-27-25-10-32-17)30(13)18(31)26-12-3-4-15(20(21,22)23)14(6-12)16-24-9-29(2)28-16/h3-4,6,9-11,13H,5,7-8H2,1-2H3,(H,26,31)/t11-,13+,19?/m0/s1. The molecule has 1 saturated carbocycles. The third-order valence-electron chi connectivity index (χ3n) is 6.15. The Morgan fingerprint density at radius 3 is 2.78 bits per heavy atom. The molecule has 1 aromatic carbocycles. The number of benzene rings is 1. The molecule has 1 N–H and O–H groups in total. The van der Waals surface area contributed by atoms with E-state index in [2.05, 4.69) is 32.5 Å². The van der Waals surface area contributed by atoms with Crippen molar-refractivity contribution in [2.75, 3.05) is 5.32 Å². The summed E-state index contributed by atoms with van der Waals surface area (Å²) in [6.07, 6.45) is 0.174. The van der Waals surface area contributed by atoms with Crippen LogP contribution in [0.2, 0.25) is 0 Å². The molecule has 0 spiro atoms. The van der Waals surface area contributed by atoms with Gasteiger partial charge in [0.15, 0.2) is 5.82 Å². The van der Waals surface area contributed by atoms with E-state index in [0.717, 1.165) is 12.5 Å². The van der Waals surface area contributed by atoms with Crippen molar-refractivity contribution in [2.45, 2.75) is 43.9 Å². The van der Waals surface area contributed by atoms with Crippen LogP contribution in [0.1, 0.15) is 37.6 Å². The number of aryl methyl sites for hydroxylation is 1. The monoisotopic (exact) mass is 447 g/mol. The van der Waals surface area contributed by atoms with Crippen LogP contribution in [0, 0.1) is 5.92 Å². The molecule has 3 atom stereocenters. The lowest BCUT2D eigenvalue weighted by molar-refractivity contribution is -0.137. The molecule has 3 aliphatic rings. The Morgan fingerprint density at radius 2 is 2.12 bits per heavy atom. The van der Waals surface area contributed by atoms with Gasteiger partial charge in [-0.15, -0.1) is 10.2 Å². The number of rotatable bonds is 3. The third-order valence-corrected chi connectivity index (χ3v) is 6.15. The number of hydrogen-bond donors (Lipinski definition) is 1. The number of nitrogens with one attached hydrogen (secondary N) is 1. The van der Waals surface area contributed by atoms with Crippen LogP contribution >= 0.6 is 0 Å². The maximum atomic E-state index is 13.5. The average molecular weight is 447 g/mol. The highest BCUT2D eigenvalue weighted by Gasteiger charge is 2.62. The van der Waals surface area contributed by atoms with Gasteiger partial charge in [0.05, 0.1) is 5.56 Å². The van der Waals surface area contributed by atoms with Gasteiger partial charge in [0.2, 0.25) is 12.3 Å². The molecule has 168 valence electrons. The first-order chi connectivity index (χ1) is 15.2. The third kappa shape index (κ3) is 3.21. The van der Waals surface area contributed by atoms with Gasteiger partial charge in [0.1, 0.15) is 11.9 Å². The fourth-order valence-corrected chi connectivity index (χ4v) is 5.03. The van der Waals surface area contributed by atoms with Crippen molar-refractivity contribution in [3.05, 3.63) is 42.4 Å². The highest BCUT2D eigenvalue weighted by Crippen LogP contribution is 2.55. The van der Waals surface area contributed by atoms with Gasteiger partial charge in [-0.25, -0.2) is 9.78 Å². The molecule has 0 radical (unpaired) electrons. The molecule has 2 saturated heterocycles. The van der Waals surface area contributed by atoms with Crippen LogP contribution in [0.4, 0.5) is 23.7 Å². The number of aromatic nitrogens is 5. The first-order valence-corrected chi connectivity index (χ1v) is 10.1. The van der Waals surface area contributed by atoms with Gasteiger partial charge in [-0.3, -0.25) is 4.68 Å². The number of piperidine rings is 1. The van der Waals surface area contributed by atoms with Crippen molar-refractivity contribution in [2.24, 2.45) is 13.0 Å². The van der Waals surface area contributed by atoms with Crippen LogP contribution in [0.5, 0.6) is 0 Å². The fraction of sp³-hybridized carbons (Fsp3) is 0.450. The zero-order valence-electron chi connectivity index (χ0n) is 17.3. The molecule has 3 aromatic rings. The first kappa shape index (κ1) is 20.5. The molecule has 4 heterocycles. The molecule has 1 unspecified atom stereocenters. The van der Waals surface area contributed by atoms with Crippen molar-refractivity contribution in [3.63, 3.8) is 0 Å². The maximum absolute atomic E-state index is 13.5. The molecular formula is C20H20F3N7O2. The minimum atomic E-state index is -4.59. The summed E-state index contributed by atoms with van der Waals surface area (Å²) in [7, 11) is 1.57. The van der Waals surface area contributed by atoms with Crippen molar-refractivity contribution < 1.29 is 22.4 Å². The molecule has 12 heteroatoms. The van der Waals surface area contributed by atoms with Crippen LogP contribution < -0.4 is 5.32 Å². The topological polar surface area (TPSA) is 102 Å². The molecule has 2 bridgehead atoms. The zero-order chi connectivity index (χ0) is 22.7. The molecule has 9 nitrogen and oxygen atoms in total. The lowest BCUT2D eigenvalue weighted by Gasteiger charge is -2.61. The summed E-state index contributed by atoms with van der Waals surface area (Å²) in [5, 5.41) is 14.5. The maximum Gasteiger partial charge on any atom is 0.417 e. The quantitative estimate of drug-likeness (QED) is 0.655. The van der Waals surface area contributed by atoms with Crippen molar-refractivity contribution in [1.29, 1.82) is 0 Å². The van der Waals surface area contributed by atoms with Crippen LogP contribution in [0.3, 0.4) is 0 Å². The Kier molecular flexibility index (Phi) is 4.50. The smallest absolute Gasteiger partial charge is 0.417 e. The van der Waals surface area contributed by atoms with E-state index in [4.69, 9.17) is 4.42 Å². The number of halogens is 3. The zero-order valence-corrected chi connectivity index (χ0v) is 17.3. The molecule has 6 rings (SSSR count). The van der Waals surface area contributed by atoms with Gasteiger partial charge >= 0.3 is 12.2 Å². The van der Waals surface area contributed by atoms with Gasteiger partial charge in [-0.1, -0.05) is 6.92 Å². The number of urea groups is 1. The van der Waals surface area contributed by atoms with Crippen LogP contribution in [-0.4, -0.2) is 41.9 Å². The molecule has 2 aromatic heterocycles. The minimum absolute atomic E-state index is 0.00275. The lowest BCUT2D eigenvalue weighted by atomic mass is 9.64. The summed E-state index contributed by atoms with van der Waals surface area (Å²) in [4.78, 5) is 18.8. The first-order valence-electron chi connectivity index (χ1n) is 10.1. The van der Waals surface area contributed by atoms with E-state index < -0.39 is 23.3 Å². The summed E-state index contributed by atoms with van der Waals surface area (Å²) in [6.45, 7) is 2.11. The predicted molar refractivity (Wildman–Crippen MR) is 105 cm³/mol. The molecule has 32 heavy (non-hydrogen) atoms. The number of amides is 2. The SMILES string of the molecule is C[C@H]1C[C@@H]2CC(c3nnco3)(C1)N2C(=O)Nc1ccc(C(F)(F)F)c(-c2ncn(C)n2)c1. The Balaban J connectivity index is 1.46. The summed E-state index contributed by atoms with van der Waals surface area (Å²) in [5.41, 5.74) is -1.57.